The van der Waals surface area contributed by atoms with Crippen LogP contribution >= 0.6 is 0 Å². The Morgan fingerprint density at radius 3 is 2.37 bits per heavy atom. The molecule has 1 saturated heterocycles. The van der Waals surface area contributed by atoms with Crippen molar-refractivity contribution in [2.75, 3.05) is 26.7 Å². The minimum absolute atomic E-state index is 0.142. The van der Waals surface area contributed by atoms with Crippen molar-refractivity contribution in [3.8, 4) is 0 Å². The van der Waals surface area contributed by atoms with E-state index in [1.807, 2.05) is 39.2 Å². The fourth-order valence-electron chi connectivity index (χ4n) is 4.70. The van der Waals surface area contributed by atoms with E-state index >= 15 is 0 Å². The van der Waals surface area contributed by atoms with Gasteiger partial charge in [0.15, 0.2) is 0 Å². The van der Waals surface area contributed by atoms with Crippen LogP contribution in [0.2, 0.25) is 0 Å². The Morgan fingerprint density at radius 1 is 1.13 bits per heavy atom. The lowest BCUT2D eigenvalue weighted by Gasteiger charge is -2.37. The molecule has 1 aromatic rings. The fraction of sp³-hybridized carbons (Fsp3) is 0.708. The predicted octanol–water partition coefficient (Wildman–Crippen LogP) is 4.46. The summed E-state index contributed by atoms with van der Waals surface area (Å²) in [4.78, 5) is 33.2. The zero-order chi connectivity index (χ0) is 21.7. The average Bonchev–Trinajstić information content (AvgIpc) is 2.73. The second-order valence-electron chi connectivity index (χ2n) is 9.96. The number of likely N-dealkylation sites (tertiary alicyclic amines) is 1. The highest BCUT2D eigenvalue weighted by molar-refractivity contribution is 5.79. The summed E-state index contributed by atoms with van der Waals surface area (Å²) >= 11 is 0. The van der Waals surface area contributed by atoms with E-state index in [-0.39, 0.29) is 12.0 Å². The molecule has 6 heteroatoms. The Kier molecular flexibility index (Phi) is 7.37. The van der Waals surface area contributed by atoms with Gasteiger partial charge in [0, 0.05) is 45.0 Å². The number of aromatic nitrogens is 1. The van der Waals surface area contributed by atoms with Crippen molar-refractivity contribution < 1.29 is 14.3 Å². The highest BCUT2D eigenvalue weighted by Gasteiger charge is 2.32. The lowest BCUT2D eigenvalue weighted by atomic mass is 9.80. The second-order valence-corrected chi connectivity index (χ2v) is 9.96. The lowest BCUT2D eigenvalue weighted by Crippen LogP contribution is -2.43. The molecular weight excluding hydrogens is 378 g/mol. The summed E-state index contributed by atoms with van der Waals surface area (Å²) in [5, 5.41) is 0. The van der Waals surface area contributed by atoms with Gasteiger partial charge >= 0.3 is 6.09 Å². The molecule has 30 heavy (non-hydrogen) atoms. The van der Waals surface area contributed by atoms with Crippen molar-refractivity contribution in [1.82, 2.24) is 14.8 Å². The van der Waals surface area contributed by atoms with E-state index in [1.54, 1.807) is 11.9 Å². The van der Waals surface area contributed by atoms with Gasteiger partial charge in [0.1, 0.15) is 5.60 Å². The summed E-state index contributed by atoms with van der Waals surface area (Å²) in [5.41, 5.74) is 0.819. The average molecular weight is 416 g/mol. The third kappa shape index (κ3) is 6.19. The van der Waals surface area contributed by atoms with E-state index in [4.69, 9.17) is 4.74 Å². The number of carbonyl (C=O) groups is 2. The molecule has 1 aliphatic carbocycles. The van der Waals surface area contributed by atoms with Crippen LogP contribution in [0.5, 0.6) is 0 Å². The molecule has 3 rings (SSSR count). The maximum atomic E-state index is 13.0. The molecule has 166 valence electrons. The number of hydrogen-bond donors (Lipinski definition) is 0. The number of rotatable bonds is 4. The molecule has 0 N–H and O–H groups in total. The van der Waals surface area contributed by atoms with Crippen molar-refractivity contribution in [2.24, 2.45) is 11.8 Å². The molecule has 2 aliphatic rings. The molecule has 1 aromatic heterocycles. The van der Waals surface area contributed by atoms with Gasteiger partial charge in [-0.25, -0.2) is 4.79 Å². The monoisotopic (exact) mass is 415 g/mol. The Hall–Kier alpha value is -2.11. The van der Waals surface area contributed by atoms with E-state index in [2.05, 4.69) is 16.0 Å². The molecule has 1 aliphatic heterocycles. The van der Waals surface area contributed by atoms with Crippen LogP contribution in [0.25, 0.3) is 0 Å². The normalized spacial score (nSPS) is 23.1. The summed E-state index contributed by atoms with van der Waals surface area (Å²) in [6, 6.07) is 4.14. The zero-order valence-electron chi connectivity index (χ0n) is 19.0. The highest BCUT2D eigenvalue weighted by atomic mass is 16.6. The van der Waals surface area contributed by atoms with Gasteiger partial charge in [-0.15, -0.1) is 0 Å². The summed E-state index contributed by atoms with van der Waals surface area (Å²) in [6.45, 7) is 8.05. The molecule has 0 bridgehead atoms. The molecule has 1 saturated carbocycles. The Labute approximate surface area is 181 Å². The van der Waals surface area contributed by atoms with Gasteiger partial charge in [0.25, 0.3) is 0 Å². The minimum atomic E-state index is -0.472. The van der Waals surface area contributed by atoms with Crippen LogP contribution in [0.4, 0.5) is 4.79 Å². The quantitative estimate of drug-likeness (QED) is 0.728. The summed E-state index contributed by atoms with van der Waals surface area (Å²) in [5.74, 6) is 1.44. The van der Waals surface area contributed by atoms with E-state index in [9.17, 15) is 9.59 Å². The number of ether oxygens (including phenoxy) is 1. The first-order valence-electron chi connectivity index (χ1n) is 11.4. The van der Waals surface area contributed by atoms with Crippen LogP contribution in [0.15, 0.2) is 24.5 Å². The SMILES string of the molecule is CN(CC1CCC(C(=O)N2CCC(c3cccnc3)CC2)CC1)C(=O)OC(C)(C)C. The van der Waals surface area contributed by atoms with Crippen LogP contribution in [-0.4, -0.2) is 59.1 Å². The first-order valence-corrected chi connectivity index (χ1v) is 11.4. The molecule has 6 nitrogen and oxygen atoms in total. The summed E-state index contributed by atoms with van der Waals surface area (Å²) < 4.78 is 5.44. The van der Waals surface area contributed by atoms with Crippen LogP contribution in [0.1, 0.15) is 70.8 Å². The largest absolute Gasteiger partial charge is 0.444 e. The molecule has 2 heterocycles. The molecule has 0 radical (unpaired) electrons. The topological polar surface area (TPSA) is 62.7 Å². The van der Waals surface area contributed by atoms with E-state index in [1.165, 1.54) is 5.56 Å². The van der Waals surface area contributed by atoms with Gasteiger partial charge in [0.05, 0.1) is 0 Å². The van der Waals surface area contributed by atoms with Gasteiger partial charge in [-0.05, 0) is 82.8 Å². The molecule has 0 unspecified atom stereocenters. The second kappa shape index (κ2) is 9.80. The van der Waals surface area contributed by atoms with Gasteiger partial charge in [-0.1, -0.05) is 6.07 Å². The predicted molar refractivity (Wildman–Crippen MR) is 117 cm³/mol. The number of nitrogens with zero attached hydrogens (tertiary/aromatic N) is 3. The van der Waals surface area contributed by atoms with Crippen LogP contribution in [-0.2, 0) is 9.53 Å². The minimum Gasteiger partial charge on any atom is -0.444 e. The van der Waals surface area contributed by atoms with Crippen molar-refractivity contribution in [3.05, 3.63) is 30.1 Å². The lowest BCUT2D eigenvalue weighted by molar-refractivity contribution is -0.138. The highest BCUT2D eigenvalue weighted by Crippen LogP contribution is 2.33. The zero-order valence-corrected chi connectivity index (χ0v) is 19.0. The van der Waals surface area contributed by atoms with E-state index in [0.717, 1.165) is 51.6 Å². The molecule has 2 amide bonds. The first kappa shape index (κ1) is 22.6. The van der Waals surface area contributed by atoms with Crippen LogP contribution in [0, 0.1) is 11.8 Å². The maximum absolute atomic E-state index is 13.0. The van der Waals surface area contributed by atoms with Crippen molar-refractivity contribution >= 4 is 12.0 Å². The maximum Gasteiger partial charge on any atom is 0.410 e. The number of piperidine rings is 1. The molecule has 2 fully saturated rings. The van der Waals surface area contributed by atoms with Crippen LogP contribution < -0.4 is 0 Å². The Balaban J connectivity index is 1.41. The van der Waals surface area contributed by atoms with Gasteiger partial charge in [0.2, 0.25) is 5.91 Å². The van der Waals surface area contributed by atoms with Crippen molar-refractivity contribution in [3.63, 3.8) is 0 Å². The number of amides is 2. The first-order chi connectivity index (χ1) is 14.2. The Bertz CT molecular complexity index is 700. The molecule has 0 atom stereocenters. The fourth-order valence-corrected chi connectivity index (χ4v) is 4.70. The van der Waals surface area contributed by atoms with Crippen molar-refractivity contribution in [2.45, 2.75) is 70.8 Å². The standard InChI is InChI=1S/C24H37N3O3/c1-24(2,3)30-23(29)26(4)17-18-7-9-20(10-8-18)22(28)27-14-11-19(12-15-27)21-6-5-13-25-16-21/h5-6,13,16,18-20H,7-12,14-15,17H2,1-4H3. The van der Waals surface area contributed by atoms with E-state index < -0.39 is 5.60 Å². The molecular formula is C24H37N3O3. The Morgan fingerprint density at radius 2 is 1.80 bits per heavy atom. The third-order valence-corrected chi connectivity index (χ3v) is 6.40. The van der Waals surface area contributed by atoms with Gasteiger partial charge < -0.3 is 14.5 Å². The number of carbonyl (C=O) groups excluding carboxylic acids is 2. The number of hydrogen-bond acceptors (Lipinski definition) is 4. The molecule has 0 aromatic carbocycles. The smallest absolute Gasteiger partial charge is 0.410 e. The van der Waals surface area contributed by atoms with Gasteiger partial charge in [-0.3, -0.25) is 9.78 Å². The van der Waals surface area contributed by atoms with Crippen LogP contribution in [0.3, 0.4) is 0 Å². The van der Waals surface area contributed by atoms with Crippen molar-refractivity contribution in [1.29, 1.82) is 0 Å². The molecule has 0 spiro atoms. The summed E-state index contributed by atoms with van der Waals surface area (Å²) in [7, 11) is 1.80. The van der Waals surface area contributed by atoms with E-state index in [0.29, 0.717) is 24.3 Å². The van der Waals surface area contributed by atoms with Gasteiger partial charge in [-0.2, -0.15) is 0 Å². The third-order valence-electron chi connectivity index (χ3n) is 6.40. The summed E-state index contributed by atoms with van der Waals surface area (Å²) in [6.07, 6.45) is 9.38. The number of pyridine rings is 1.